The molecular weight excluding hydrogens is 288 g/mol. The van der Waals surface area contributed by atoms with Crippen molar-refractivity contribution in [1.82, 2.24) is 0 Å². The lowest BCUT2D eigenvalue weighted by molar-refractivity contribution is 0.0996. The molecule has 2 heterocycles. The monoisotopic (exact) mass is 304 g/mol. The number of amides is 1. The van der Waals surface area contributed by atoms with Crippen molar-refractivity contribution in [3.8, 4) is 0 Å². The third-order valence-corrected chi connectivity index (χ3v) is 3.88. The van der Waals surface area contributed by atoms with E-state index in [2.05, 4.69) is 10.2 Å². The molecule has 5 heteroatoms. The van der Waals surface area contributed by atoms with Gasteiger partial charge in [0.25, 0.3) is 5.91 Å². The summed E-state index contributed by atoms with van der Waals surface area (Å²) in [6, 6.07) is 8.94. The highest BCUT2D eigenvalue weighted by molar-refractivity contribution is 6.31. The van der Waals surface area contributed by atoms with Crippen molar-refractivity contribution in [2.75, 3.05) is 23.3 Å². The molecule has 4 nitrogen and oxygen atoms in total. The minimum Gasteiger partial charge on any atom is -0.459 e. The van der Waals surface area contributed by atoms with Crippen LogP contribution >= 0.6 is 11.6 Å². The number of benzene rings is 1. The van der Waals surface area contributed by atoms with Crippen molar-refractivity contribution >= 4 is 28.9 Å². The fraction of sp³-hybridized carbons (Fsp3) is 0.312. The Morgan fingerprint density at radius 1 is 1.19 bits per heavy atom. The summed E-state index contributed by atoms with van der Waals surface area (Å²) >= 11 is 6.07. The molecule has 1 aliphatic heterocycles. The van der Waals surface area contributed by atoms with Crippen LogP contribution in [0.15, 0.2) is 41.0 Å². The molecule has 0 spiro atoms. The van der Waals surface area contributed by atoms with E-state index in [1.54, 1.807) is 18.2 Å². The number of nitrogens with one attached hydrogen (secondary N) is 1. The lowest BCUT2D eigenvalue weighted by Crippen LogP contribution is -2.30. The molecular formula is C16H17ClN2O2. The maximum absolute atomic E-state index is 12.2. The van der Waals surface area contributed by atoms with Crippen molar-refractivity contribution in [2.45, 2.75) is 19.3 Å². The summed E-state index contributed by atoms with van der Waals surface area (Å²) in [6.07, 6.45) is 5.10. The number of halogens is 1. The number of nitrogens with zero attached hydrogens (tertiary/aromatic N) is 1. The number of rotatable bonds is 3. The summed E-state index contributed by atoms with van der Waals surface area (Å²) < 4.78 is 5.12. The van der Waals surface area contributed by atoms with E-state index in [9.17, 15) is 4.79 Å². The van der Waals surface area contributed by atoms with Crippen LogP contribution in [-0.2, 0) is 0 Å². The minimum absolute atomic E-state index is 0.263. The molecule has 1 saturated heterocycles. The zero-order chi connectivity index (χ0) is 14.7. The molecule has 0 unspecified atom stereocenters. The maximum atomic E-state index is 12.2. The summed E-state index contributed by atoms with van der Waals surface area (Å²) in [7, 11) is 0. The van der Waals surface area contributed by atoms with Crippen molar-refractivity contribution in [3.63, 3.8) is 0 Å². The molecule has 1 N–H and O–H groups in total. The predicted octanol–water partition coefficient (Wildman–Crippen LogP) is 4.18. The Morgan fingerprint density at radius 2 is 2.00 bits per heavy atom. The summed E-state index contributed by atoms with van der Waals surface area (Å²) in [6.45, 7) is 2.01. The van der Waals surface area contributed by atoms with E-state index in [-0.39, 0.29) is 5.91 Å². The van der Waals surface area contributed by atoms with Crippen LogP contribution in [0.25, 0.3) is 0 Å². The van der Waals surface area contributed by atoms with Crippen molar-refractivity contribution in [1.29, 1.82) is 0 Å². The number of piperidine rings is 1. The Balaban J connectivity index is 1.85. The Kier molecular flexibility index (Phi) is 4.15. The number of anilines is 2. The molecule has 3 rings (SSSR count). The van der Waals surface area contributed by atoms with Crippen LogP contribution in [0.1, 0.15) is 29.8 Å². The molecule has 1 fully saturated rings. The van der Waals surface area contributed by atoms with Crippen LogP contribution in [0.5, 0.6) is 0 Å². The Hall–Kier alpha value is -1.94. The second-order valence-electron chi connectivity index (χ2n) is 5.14. The topological polar surface area (TPSA) is 45.5 Å². The summed E-state index contributed by atoms with van der Waals surface area (Å²) in [4.78, 5) is 14.4. The molecule has 0 saturated carbocycles. The molecule has 1 aliphatic rings. The first-order valence-corrected chi connectivity index (χ1v) is 7.51. The summed E-state index contributed by atoms with van der Waals surface area (Å²) in [5.74, 6) is 0.0279. The molecule has 1 aromatic heterocycles. The minimum atomic E-state index is -0.263. The van der Waals surface area contributed by atoms with Crippen molar-refractivity contribution in [2.24, 2.45) is 0 Å². The number of hydrogen-bond donors (Lipinski definition) is 1. The van der Waals surface area contributed by atoms with Crippen LogP contribution in [0, 0.1) is 0 Å². The fourth-order valence-electron chi connectivity index (χ4n) is 2.61. The fourth-order valence-corrected chi connectivity index (χ4v) is 2.78. The first-order valence-electron chi connectivity index (χ1n) is 7.13. The lowest BCUT2D eigenvalue weighted by Gasteiger charge is -2.30. The van der Waals surface area contributed by atoms with Gasteiger partial charge in [0.1, 0.15) is 0 Å². The maximum Gasteiger partial charge on any atom is 0.291 e. The van der Waals surface area contributed by atoms with Gasteiger partial charge in [0.05, 0.1) is 17.6 Å². The van der Waals surface area contributed by atoms with Gasteiger partial charge in [0.15, 0.2) is 5.76 Å². The van der Waals surface area contributed by atoms with E-state index >= 15 is 0 Å². The van der Waals surface area contributed by atoms with E-state index in [4.69, 9.17) is 16.0 Å². The van der Waals surface area contributed by atoms with Crippen molar-refractivity contribution in [3.05, 3.63) is 47.4 Å². The van der Waals surface area contributed by atoms with Gasteiger partial charge in [-0.3, -0.25) is 4.79 Å². The zero-order valence-electron chi connectivity index (χ0n) is 11.6. The average Bonchev–Trinajstić information content (AvgIpc) is 3.03. The highest BCUT2D eigenvalue weighted by Gasteiger charge is 2.17. The molecule has 0 atom stereocenters. The zero-order valence-corrected chi connectivity index (χ0v) is 12.4. The SMILES string of the molecule is O=C(Nc1cc(Cl)ccc1N1CCCCC1)c1ccco1. The van der Waals surface area contributed by atoms with Gasteiger partial charge >= 0.3 is 0 Å². The lowest BCUT2D eigenvalue weighted by atomic mass is 10.1. The van der Waals surface area contributed by atoms with Gasteiger partial charge in [-0.15, -0.1) is 0 Å². The smallest absolute Gasteiger partial charge is 0.291 e. The van der Waals surface area contributed by atoms with Crippen LogP contribution in [0.4, 0.5) is 11.4 Å². The third kappa shape index (κ3) is 3.22. The molecule has 1 aromatic carbocycles. The number of hydrogen-bond acceptors (Lipinski definition) is 3. The average molecular weight is 305 g/mol. The van der Waals surface area contributed by atoms with Gasteiger partial charge in [-0.05, 0) is 49.6 Å². The first-order chi connectivity index (χ1) is 10.2. The largest absolute Gasteiger partial charge is 0.459 e. The quantitative estimate of drug-likeness (QED) is 0.925. The second kappa shape index (κ2) is 6.22. The highest BCUT2D eigenvalue weighted by Crippen LogP contribution is 2.31. The van der Waals surface area contributed by atoms with E-state index < -0.39 is 0 Å². The second-order valence-corrected chi connectivity index (χ2v) is 5.58. The Morgan fingerprint density at radius 3 is 2.71 bits per heavy atom. The summed E-state index contributed by atoms with van der Waals surface area (Å²) in [5, 5.41) is 3.49. The van der Waals surface area contributed by atoms with Gasteiger partial charge in [0, 0.05) is 18.1 Å². The molecule has 110 valence electrons. The molecule has 0 radical (unpaired) electrons. The third-order valence-electron chi connectivity index (χ3n) is 3.65. The number of furan rings is 1. The van der Waals surface area contributed by atoms with Gasteiger partial charge in [-0.2, -0.15) is 0 Å². The molecule has 0 bridgehead atoms. The van der Waals surface area contributed by atoms with Crippen LogP contribution in [-0.4, -0.2) is 19.0 Å². The predicted molar refractivity (Wildman–Crippen MR) is 84.2 cm³/mol. The summed E-state index contributed by atoms with van der Waals surface area (Å²) in [5.41, 5.74) is 1.74. The number of carbonyl (C=O) groups is 1. The van der Waals surface area contributed by atoms with Crippen LogP contribution in [0.2, 0.25) is 5.02 Å². The highest BCUT2D eigenvalue weighted by atomic mass is 35.5. The first kappa shape index (κ1) is 14.0. The van der Waals surface area contributed by atoms with E-state index in [1.807, 2.05) is 12.1 Å². The van der Waals surface area contributed by atoms with Crippen LogP contribution < -0.4 is 10.2 Å². The van der Waals surface area contributed by atoms with Gasteiger partial charge in [-0.25, -0.2) is 0 Å². The Bertz CT molecular complexity index is 619. The normalized spacial score (nSPS) is 15.0. The van der Waals surface area contributed by atoms with E-state index in [0.29, 0.717) is 10.8 Å². The van der Waals surface area contributed by atoms with Gasteiger partial charge in [-0.1, -0.05) is 11.6 Å². The molecule has 0 aliphatic carbocycles. The van der Waals surface area contributed by atoms with E-state index in [0.717, 1.165) is 24.5 Å². The number of carbonyl (C=O) groups excluding carboxylic acids is 1. The molecule has 2 aromatic rings. The van der Waals surface area contributed by atoms with Gasteiger partial charge < -0.3 is 14.6 Å². The molecule has 1 amide bonds. The standard InChI is InChI=1S/C16H17ClN2O2/c17-12-6-7-14(19-8-2-1-3-9-19)13(11-12)18-16(20)15-5-4-10-21-15/h4-7,10-11H,1-3,8-9H2,(H,18,20). The van der Waals surface area contributed by atoms with Crippen molar-refractivity contribution < 1.29 is 9.21 Å². The van der Waals surface area contributed by atoms with Gasteiger partial charge in [0.2, 0.25) is 0 Å². The van der Waals surface area contributed by atoms with E-state index in [1.165, 1.54) is 25.5 Å². The molecule has 21 heavy (non-hydrogen) atoms. The Labute approximate surface area is 128 Å². The van der Waals surface area contributed by atoms with Crippen LogP contribution in [0.3, 0.4) is 0 Å².